The Morgan fingerprint density at radius 3 is 3.08 bits per heavy atom. The predicted octanol–water partition coefficient (Wildman–Crippen LogP) is 4.88. The second-order valence-corrected chi connectivity index (χ2v) is 9.07. The average molecular weight is 391 g/mol. The number of aromatic nitrogens is 1. The van der Waals surface area contributed by atoms with Gasteiger partial charge in [0.2, 0.25) is 5.91 Å². The van der Waals surface area contributed by atoms with Crippen molar-refractivity contribution >= 4 is 51.0 Å². The molecule has 0 saturated heterocycles. The van der Waals surface area contributed by atoms with Crippen LogP contribution in [0.2, 0.25) is 0 Å². The first-order valence-corrected chi connectivity index (χ1v) is 10.7. The Morgan fingerprint density at radius 2 is 2.20 bits per heavy atom. The minimum absolute atomic E-state index is 0.0450. The molecule has 4 rings (SSSR count). The van der Waals surface area contributed by atoms with Crippen LogP contribution in [0.5, 0.6) is 0 Å². The van der Waals surface area contributed by atoms with Crippen molar-refractivity contribution < 1.29 is 9.18 Å². The van der Waals surface area contributed by atoms with Crippen LogP contribution in [0.1, 0.15) is 18.0 Å². The Morgan fingerprint density at radius 1 is 1.32 bits per heavy atom. The van der Waals surface area contributed by atoms with Crippen LogP contribution in [-0.2, 0) is 4.79 Å². The maximum atomic E-state index is 13.5. The van der Waals surface area contributed by atoms with Crippen molar-refractivity contribution in [3.63, 3.8) is 0 Å². The molecule has 2 heterocycles. The van der Waals surface area contributed by atoms with Gasteiger partial charge in [0.1, 0.15) is 5.82 Å². The number of carbonyl (C=O) groups is 1. The van der Waals surface area contributed by atoms with Gasteiger partial charge < -0.3 is 5.32 Å². The zero-order valence-electron chi connectivity index (χ0n) is 13.2. The highest BCUT2D eigenvalue weighted by Crippen LogP contribution is 2.36. The van der Waals surface area contributed by atoms with E-state index in [1.165, 1.54) is 23.9 Å². The van der Waals surface area contributed by atoms with Gasteiger partial charge in [-0.1, -0.05) is 23.9 Å². The minimum Gasteiger partial charge on any atom is -0.348 e. The van der Waals surface area contributed by atoms with Crippen molar-refractivity contribution in [3.05, 3.63) is 53.8 Å². The summed E-state index contributed by atoms with van der Waals surface area (Å²) >= 11 is 4.75. The van der Waals surface area contributed by atoms with Crippen LogP contribution in [-0.4, -0.2) is 22.4 Å². The van der Waals surface area contributed by atoms with Crippen molar-refractivity contribution in [1.82, 2.24) is 10.3 Å². The van der Waals surface area contributed by atoms with Gasteiger partial charge in [-0.25, -0.2) is 9.37 Å². The van der Waals surface area contributed by atoms with Gasteiger partial charge in [-0.3, -0.25) is 4.79 Å². The molecule has 0 bridgehead atoms. The van der Waals surface area contributed by atoms with Gasteiger partial charge in [0.25, 0.3) is 0 Å². The Balaban J connectivity index is 1.40. The van der Waals surface area contributed by atoms with Crippen molar-refractivity contribution in [2.24, 2.45) is 0 Å². The molecule has 1 aliphatic rings. The van der Waals surface area contributed by atoms with Gasteiger partial charge in [-0.2, -0.15) is 0 Å². The Hall–Kier alpha value is -1.57. The molecule has 0 radical (unpaired) electrons. The van der Waals surface area contributed by atoms with Crippen molar-refractivity contribution in [1.29, 1.82) is 0 Å². The lowest BCUT2D eigenvalue weighted by atomic mass is 10.0. The van der Waals surface area contributed by atoms with Gasteiger partial charge in [-0.05, 0) is 42.3 Å². The van der Waals surface area contributed by atoms with Crippen molar-refractivity contribution in [2.45, 2.75) is 21.7 Å². The van der Waals surface area contributed by atoms with E-state index in [1.54, 1.807) is 29.2 Å². The summed E-state index contributed by atoms with van der Waals surface area (Å²) in [4.78, 5) is 17.9. The number of hydrogen-bond acceptors (Lipinski definition) is 5. The first kappa shape index (κ1) is 16.9. The first-order valence-electron chi connectivity index (χ1n) is 7.89. The predicted molar refractivity (Wildman–Crippen MR) is 103 cm³/mol. The molecule has 1 N–H and O–H groups in total. The van der Waals surface area contributed by atoms with E-state index >= 15 is 0 Å². The molecular weight excluding hydrogens is 375 g/mol. The molecule has 3 nitrogen and oxygen atoms in total. The molecule has 1 aromatic heterocycles. The van der Waals surface area contributed by atoms with Crippen LogP contribution in [0.3, 0.4) is 0 Å². The fraction of sp³-hybridized carbons (Fsp3) is 0.222. The summed E-state index contributed by atoms with van der Waals surface area (Å²) in [6.45, 7) is 0. The summed E-state index contributed by atoms with van der Waals surface area (Å²) in [6, 6.07) is 12.6. The fourth-order valence-electron chi connectivity index (χ4n) is 2.79. The Bertz CT molecular complexity index is 895. The molecule has 2 aromatic carbocycles. The molecule has 0 spiro atoms. The number of thioether (sulfide) groups is 2. The zero-order valence-corrected chi connectivity index (χ0v) is 15.6. The summed E-state index contributed by atoms with van der Waals surface area (Å²) in [5.74, 6) is 0.934. The lowest BCUT2D eigenvalue weighted by Gasteiger charge is -2.25. The molecule has 1 aliphatic heterocycles. The summed E-state index contributed by atoms with van der Waals surface area (Å²) < 4.78 is 15.6. The number of rotatable bonds is 4. The largest absolute Gasteiger partial charge is 0.348 e. The lowest BCUT2D eigenvalue weighted by molar-refractivity contribution is -0.119. The van der Waals surface area contributed by atoms with Crippen LogP contribution < -0.4 is 5.32 Å². The highest BCUT2D eigenvalue weighted by Gasteiger charge is 2.23. The minimum atomic E-state index is -0.260. The van der Waals surface area contributed by atoms with E-state index in [2.05, 4.69) is 10.3 Å². The first-order chi connectivity index (χ1) is 12.2. The van der Waals surface area contributed by atoms with Crippen LogP contribution in [0, 0.1) is 5.82 Å². The zero-order chi connectivity index (χ0) is 17.2. The Labute approximate surface area is 157 Å². The molecule has 1 amide bonds. The third-order valence-corrected chi connectivity index (χ3v) is 7.25. The number of halogens is 1. The number of benzene rings is 2. The van der Waals surface area contributed by atoms with E-state index in [1.807, 2.05) is 24.3 Å². The van der Waals surface area contributed by atoms with Crippen LogP contribution in [0.15, 0.2) is 51.7 Å². The third-order valence-electron chi connectivity index (χ3n) is 3.95. The highest BCUT2D eigenvalue weighted by molar-refractivity contribution is 8.01. The molecule has 25 heavy (non-hydrogen) atoms. The Kier molecular flexibility index (Phi) is 4.96. The average Bonchev–Trinajstić information content (AvgIpc) is 3.03. The van der Waals surface area contributed by atoms with Gasteiger partial charge in [0.05, 0.1) is 22.0 Å². The van der Waals surface area contributed by atoms with Gasteiger partial charge >= 0.3 is 0 Å². The van der Waals surface area contributed by atoms with E-state index in [4.69, 9.17) is 0 Å². The molecule has 1 atom stereocenters. The highest BCUT2D eigenvalue weighted by atomic mass is 32.2. The third kappa shape index (κ3) is 3.83. The quantitative estimate of drug-likeness (QED) is 0.645. The van der Waals surface area contributed by atoms with Crippen molar-refractivity contribution in [3.8, 4) is 0 Å². The fourth-order valence-corrected chi connectivity index (χ4v) is 5.78. The number of nitrogens with one attached hydrogen (secondary N) is 1. The smallest absolute Gasteiger partial charge is 0.230 e. The van der Waals surface area contributed by atoms with Crippen LogP contribution in [0.25, 0.3) is 10.2 Å². The molecule has 0 fully saturated rings. The van der Waals surface area contributed by atoms with Crippen molar-refractivity contribution in [2.75, 3.05) is 11.5 Å². The van der Waals surface area contributed by atoms with E-state index in [9.17, 15) is 9.18 Å². The molecule has 128 valence electrons. The number of fused-ring (bicyclic) bond motifs is 2. The number of hydrogen-bond donors (Lipinski definition) is 1. The normalized spacial score (nSPS) is 16.6. The van der Waals surface area contributed by atoms with Gasteiger partial charge in [-0.15, -0.1) is 23.1 Å². The van der Waals surface area contributed by atoms with E-state index in [0.717, 1.165) is 37.2 Å². The molecular formula is C18H15FN2OS3. The summed E-state index contributed by atoms with van der Waals surface area (Å²) in [6.07, 6.45) is 0.818. The number of thiazole rings is 1. The van der Waals surface area contributed by atoms with Crippen LogP contribution >= 0.6 is 34.9 Å². The number of carbonyl (C=O) groups excluding carboxylic acids is 1. The molecule has 0 saturated carbocycles. The SMILES string of the molecule is O=C(CSc1nc2ccccc2s1)NC1CCSc2ccc(F)cc21. The van der Waals surface area contributed by atoms with E-state index < -0.39 is 0 Å². The van der Waals surface area contributed by atoms with Gasteiger partial charge in [0.15, 0.2) is 4.34 Å². The second-order valence-electron chi connectivity index (χ2n) is 5.68. The van der Waals surface area contributed by atoms with E-state index in [-0.39, 0.29) is 17.8 Å². The number of amides is 1. The molecule has 0 aliphatic carbocycles. The maximum absolute atomic E-state index is 13.5. The standard InChI is InChI=1S/C18H15FN2OS3/c19-11-5-6-15-12(9-11)13(7-8-23-15)20-17(22)10-24-18-21-14-3-1-2-4-16(14)25-18/h1-6,9,13H,7-8,10H2,(H,20,22). The molecule has 3 aromatic rings. The monoisotopic (exact) mass is 390 g/mol. The summed E-state index contributed by atoms with van der Waals surface area (Å²) in [5.41, 5.74) is 1.85. The lowest BCUT2D eigenvalue weighted by Crippen LogP contribution is -2.32. The number of nitrogens with zero attached hydrogens (tertiary/aromatic N) is 1. The molecule has 7 heteroatoms. The van der Waals surface area contributed by atoms with Crippen LogP contribution in [0.4, 0.5) is 4.39 Å². The molecule has 1 unspecified atom stereocenters. The van der Waals surface area contributed by atoms with E-state index in [0.29, 0.717) is 5.75 Å². The number of para-hydroxylation sites is 1. The summed E-state index contributed by atoms with van der Waals surface area (Å²) in [7, 11) is 0. The topological polar surface area (TPSA) is 42.0 Å². The van der Waals surface area contributed by atoms with Gasteiger partial charge in [0, 0.05) is 10.6 Å². The maximum Gasteiger partial charge on any atom is 0.230 e. The summed E-state index contributed by atoms with van der Waals surface area (Å²) in [5, 5.41) is 3.04. The second kappa shape index (κ2) is 7.35.